The molecule has 2 fully saturated rings. The van der Waals surface area contributed by atoms with Crippen LogP contribution < -0.4 is 21.3 Å². The standard InChI is InChI=1S/C12H22N4O2S2/c17-9-3-5-13-11(15-9)19-7-1-2-8-20-12-14-6-4-10(18)16-12/h11-14H,1-8H2,(H,15,17)(H,16,18). The first-order valence-electron chi connectivity index (χ1n) is 7.03. The van der Waals surface area contributed by atoms with E-state index in [0.717, 1.165) is 37.4 Å². The van der Waals surface area contributed by atoms with Gasteiger partial charge < -0.3 is 10.6 Å². The molecule has 6 nitrogen and oxygen atoms in total. The van der Waals surface area contributed by atoms with Crippen LogP contribution in [-0.2, 0) is 9.59 Å². The molecular weight excluding hydrogens is 296 g/mol. The molecule has 4 N–H and O–H groups in total. The van der Waals surface area contributed by atoms with Crippen molar-refractivity contribution in [3.05, 3.63) is 0 Å². The SMILES string of the molecule is O=C1CCNC(SCCCCSC2NCCC(=O)N2)N1. The Morgan fingerprint density at radius 1 is 0.850 bits per heavy atom. The molecule has 8 heteroatoms. The van der Waals surface area contributed by atoms with Crippen LogP contribution in [0.25, 0.3) is 0 Å². The molecule has 2 aliphatic heterocycles. The molecule has 20 heavy (non-hydrogen) atoms. The minimum atomic E-state index is 0.0724. The van der Waals surface area contributed by atoms with Crippen LogP contribution in [0.1, 0.15) is 25.7 Å². The van der Waals surface area contributed by atoms with E-state index in [1.807, 2.05) is 0 Å². The molecule has 2 amide bonds. The molecule has 0 aromatic carbocycles. The fourth-order valence-electron chi connectivity index (χ4n) is 1.98. The van der Waals surface area contributed by atoms with Crippen LogP contribution in [0, 0.1) is 0 Å². The number of amides is 2. The zero-order valence-electron chi connectivity index (χ0n) is 11.4. The van der Waals surface area contributed by atoms with Gasteiger partial charge in [0.15, 0.2) is 0 Å². The van der Waals surface area contributed by atoms with E-state index in [1.165, 1.54) is 0 Å². The lowest BCUT2D eigenvalue weighted by Crippen LogP contribution is -2.49. The van der Waals surface area contributed by atoms with Gasteiger partial charge in [-0.3, -0.25) is 20.2 Å². The molecule has 0 aromatic heterocycles. The summed E-state index contributed by atoms with van der Waals surface area (Å²) in [5.41, 5.74) is 0.145. The molecule has 2 rings (SSSR count). The second-order valence-corrected chi connectivity index (χ2v) is 7.18. The highest BCUT2D eigenvalue weighted by molar-refractivity contribution is 8.00. The smallest absolute Gasteiger partial charge is 0.223 e. The summed E-state index contributed by atoms with van der Waals surface area (Å²) in [5.74, 6) is 2.33. The van der Waals surface area contributed by atoms with Crippen LogP contribution in [0.3, 0.4) is 0 Å². The van der Waals surface area contributed by atoms with Gasteiger partial charge in [-0.05, 0) is 24.3 Å². The number of hydrogen-bond acceptors (Lipinski definition) is 6. The van der Waals surface area contributed by atoms with Crippen molar-refractivity contribution < 1.29 is 9.59 Å². The molecule has 0 saturated carbocycles. The Morgan fingerprint density at radius 2 is 1.30 bits per heavy atom. The van der Waals surface area contributed by atoms with Crippen molar-refractivity contribution in [1.82, 2.24) is 21.3 Å². The lowest BCUT2D eigenvalue weighted by molar-refractivity contribution is -0.123. The Bertz CT molecular complexity index is 311. The van der Waals surface area contributed by atoms with E-state index in [-0.39, 0.29) is 22.8 Å². The molecule has 0 spiro atoms. The summed E-state index contributed by atoms with van der Waals surface area (Å²) >= 11 is 3.50. The van der Waals surface area contributed by atoms with Crippen molar-refractivity contribution in [1.29, 1.82) is 0 Å². The van der Waals surface area contributed by atoms with Crippen LogP contribution in [0.15, 0.2) is 0 Å². The summed E-state index contributed by atoms with van der Waals surface area (Å²) in [7, 11) is 0. The van der Waals surface area contributed by atoms with Crippen molar-refractivity contribution in [2.45, 2.75) is 36.7 Å². The fourth-order valence-corrected chi connectivity index (χ4v) is 4.09. The average molecular weight is 318 g/mol. The largest absolute Gasteiger partial charge is 0.332 e. The summed E-state index contributed by atoms with van der Waals surface area (Å²) in [4.78, 5) is 22.4. The van der Waals surface area contributed by atoms with Crippen molar-refractivity contribution in [3.8, 4) is 0 Å². The molecule has 0 aliphatic carbocycles. The van der Waals surface area contributed by atoms with Crippen LogP contribution in [0.4, 0.5) is 0 Å². The Morgan fingerprint density at radius 3 is 1.70 bits per heavy atom. The molecule has 2 atom stereocenters. The third-order valence-electron chi connectivity index (χ3n) is 3.06. The van der Waals surface area contributed by atoms with E-state index >= 15 is 0 Å². The van der Waals surface area contributed by atoms with Crippen LogP contribution in [-0.4, -0.2) is 47.4 Å². The normalized spacial score (nSPS) is 27.0. The van der Waals surface area contributed by atoms with E-state index in [4.69, 9.17) is 0 Å². The minimum Gasteiger partial charge on any atom is -0.332 e. The maximum absolute atomic E-state index is 11.2. The van der Waals surface area contributed by atoms with Gasteiger partial charge in [0.25, 0.3) is 0 Å². The molecule has 0 radical (unpaired) electrons. The summed E-state index contributed by atoms with van der Waals surface area (Å²) < 4.78 is 0. The van der Waals surface area contributed by atoms with Crippen molar-refractivity contribution in [3.63, 3.8) is 0 Å². The number of nitrogens with one attached hydrogen (secondary N) is 4. The molecule has 2 heterocycles. The van der Waals surface area contributed by atoms with E-state index < -0.39 is 0 Å². The first kappa shape index (κ1) is 15.9. The lowest BCUT2D eigenvalue weighted by atomic mass is 10.3. The summed E-state index contributed by atoms with van der Waals surface area (Å²) in [6.45, 7) is 1.54. The fraction of sp³-hybridized carbons (Fsp3) is 0.833. The van der Waals surface area contributed by atoms with Crippen LogP contribution in [0.2, 0.25) is 0 Å². The molecule has 0 aromatic rings. The lowest BCUT2D eigenvalue weighted by Gasteiger charge is -2.24. The maximum Gasteiger partial charge on any atom is 0.223 e. The van der Waals surface area contributed by atoms with E-state index in [1.54, 1.807) is 23.5 Å². The second-order valence-electron chi connectivity index (χ2n) is 4.75. The maximum atomic E-state index is 11.2. The van der Waals surface area contributed by atoms with Crippen LogP contribution in [0.5, 0.6) is 0 Å². The van der Waals surface area contributed by atoms with Crippen molar-refractivity contribution in [2.24, 2.45) is 0 Å². The van der Waals surface area contributed by atoms with Gasteiger partial charge in [-0.1, -0.05) is 0 Å². The number of unbranched alkanes of at least 4 members (excludes halogenated alkanes) is 1. The predicted octanol–water partition coefficient (Wildman–Crippen LogP) is 0.0192. The first-order valence-corrected chi connectivity index (χ1v) is 9.12. The zero-order chi connectivity index (χ0) is 14.2. The van der Waals surface area contributed by atoms with Crippen molar-refractivity contribution >= 4 is 35.3 Å². The number of thioether (sulfide) groups is 2. The minimum absolute atomic E-state index is 0.0724. The highest BCUT2D eigenvalue weighted by Gasteiger charge is 2.18. The average Bonchev–Trinajstić information content (AvgIpc) is 2.43. The van der Waals surface area contributed by atoms with Gasteiger partial charge in [-0.25, -0.2) is 0 Å². The monoisotopic (exact) mass is 318 g/mol. The van der Waals surface area contributed by atoms with Crippen LogP contribution >= 0.6 is 23.5 Å². The highest BCUT2D eigenvalue weighted by atomic mass is 32.2. The molecule has 2 aliphatic rings. The third-order valence-corrected chi connectivity index (χ3v) is 5.34. The Balaban J connectivity index is 1.45. The molecule has 2 saturated heterocycles. The summed E-state index contributed by atoms with van der Waals surface area (Å²) in [6.07, 6.45) is 3.39. The number of hydrogen-bond donors (Lipinski definition) is 4. The Labute approximate surface area is 128 Å². The molecular formula is C12H22N4O2S2. The Hall–Kier alpha value is -0.440. The molecule has 114 valence electrons. The predicted molar refractivity (Wildman–Crippen MR) is 83.3 cm³/mol. The van der Waals surface area contributed by atoms with Gasteiger partial charge in [0.05, 0.1) is 0 Å². The molecule has 0 bridgehead atoms. The number of carbonyl (C=O) groups is 2. The van der Waals surface area contributed by atoms with Gasteiger partial charge in [-0.2, -0.15) is 0 Å². The molecule has 2 unspecified atom stereocenters. The van der Waals surface area contributed by atoms with Gasteiger partial charge >= 0.3 is 0 Å². The van der Waals surface area contributed by atoms with E-state index in [2.05, 4.69) is 21.3 Å². The van der Waals surface area contributed by atoms with Crippen molar-refractivity contribution in [2.75, 3.05) is 24.6 Å². The summed E-state index contributed by atoms with van der Waals surface area (Å²) in [6, 6.07) is 0. The highest BCUT2D eigenvalue weighted by Crippen LogP contribution is 2.15. The van der Waals surface area contributed by atoms with Gasteiger partial charge in [0.2, 0.25) is 11.8 Å². The quantitative estimate of drug-likeness (QED) is 0.496. The third kappa shape index (κ3) is 5.90. The zero-order valence-corrected chi connectivity index (χ0v) is 13.1. The topological polar surface area (TPSA) is 82.3 Å². The van der Waals surface area contributed by atoms with Gasteiger partial charge in [0, 0.05) is 25.9 Å². The van der Waals surface area contributed by atoms with E-state index in [9.17, 15) is 9.59 Å². The van der Waals surface area contributed by atoms with E-state index in [0.29, 0.717) is 12.8 Å². The van der Waals surface area contributed by atoms with Gasteiger partial charge in [0.1, 0.15) is 11.0 Å². The Kier molecular flexibility index (Phi) is 6.98. The number of rotatable bonds is 7. The second kappa shape index (κ2) is 8.76. The first-order chi connectivity index (χ1) is 9.74. The number of carbonyl (C=O) groups excluding carboxylic acids is 2. The summed E-state index contributed by atoms with van der Waals surface area (Å²) in [5, 5.41) is 12.4. The van der Waals surface area contributed by atoms with Gasteiger partial charge in [-0.15, -0.1) is 23.5 Å².